The molecule has 8 heteroatoms. The SMILES string of the molecule is CN(C(=O)Oc1cc(-c2ccc(O)cc2)nc2[nH]ncc12)C1CCNCC1. The first-order valence-electron chi connectivity index (χ1n) is 8.91. The number of benzene rings is 1. The number of carbonyl (C=O) groups is 1. The largest absolute Gasteiger partial charge is 0.508 e. The molecule has 1 saturated heterocycles. The topological polar surface area (TPSA) is 103 Å². The van der Waals surface area contributed by atoms with Gasteiger partial charge >= 0.3 is 6.09 Å². The van der Waals surface area contributed by atoms with Gasteiger partial charge in [-0.25, -0.2) is 9.78 Å². The second-order valence-electron chi connectivity index (χ2n) is 6.64. The first-order chi connectivity index (χ1) is 13.1. The molecule has 0 aliphatic carbocycles. The van der Waals surface area contributed by atoms with Gasteiger partial charge in [-0.05, 0) is 50.2 Å². The Morgan fingerprint density at radius 2 is 2.00 bits per heavy atom. The third-order valence-corrected chi connectivity index (χ3v) is 4.89. The number of H-pyrrole nitrogens is 1. The second kappa shape index (κ2) is 7.24. The lowest BCUT2D eigenvalue weighted by Crippen LogP contribution is -2.45. The van der Waals surface area contributed by atoms with Crippen LogP contribution in [0.3, 0.4) is 0 Å². The van der Waals surface area contributed by atoms with Crippen molar-refractivity contribution in [1.82, 2.24) is 25.4 Å². The Hall–Kier alpha value is -3.13. The molecule has 3 N–H and O–H groups in total. The summed E-state index contributed by atoms with van der Waals surface area (Å²) in [5.41, 5.74) is 1.96. The monoisotopic (exact) mass is 367 g/mol. The summed E-state index contributed by atoms with van der Waals surface area (Å²) in [7, 11) is 1.77. The summed E-state index contributed by atoms with van der Waals surface area (Å²) < 4.78 is 5.70. The average Bonchev–Trinajstić information content (AvgIpc) is 3.17. The number of phenols is 1. The van der Waals surface area contributed by atoms with Gasteiger partial charge in [0.1, 0.15) is 11.5 Å². The third kappa shape index (κ3) is 3.56. The average molecular weight is 367 g/mol. The number of pyridine rings is 1. The molecular formula is C19H21N5O3. The molecule has 0 spiro atoms. The van der Waals surface area contributed by atoms with E-state index in [9.17, 15) is 9.90 Å². The number of aromatic amines is 1. The molecule has 3 aromatic rings. The fourth-order valence-corrected chi connectivity index (χ4v) is 3.27. The van der Waals surface area contributed by atoms with Crippen LogP contribution in [-0.2, 0) is 0 Å². The van der Waals surface area contributed by atoms with Gasteiger partial charge in [0.15, 0.2) is 5.65 Å². The molecule has 0 bridgehead atoms. The Labute approximate surface area is 156 Å². The molecule has 27 heavy (non-hydrogen) atoms. The van der Waals surface area contributed by atoms with Gasteiger partial charge in [0, 0.05) is 24.7 Å². The van der Waals surface area contributed by atoms with Crippen molar-refractivity contribution in [2.45, 2.75) is 18.9 Å². The normalized spacial score (nSPS) is 15.0. The number of fused-ring (bicyclic) bond motifs is 1. The molecule has 3 heterocycles. The number of rotatable bonds is 3. The first kappa shape index (κ1) is 17.3. The summed E-state index contributed by atoms with van der Waals surface area (Å²) in [5.74, 6) is 0.583. The third-order valence-electron chi connectivity index (χ3n) is 4.89. The van der Waals surface area contributed by atoms with Crippen molar-refractivity contribution < 1.29 is 14.6 Å². The minimum absolute atomic E-state index is 0.164. The van der Waals surface area contributed by atoms with E-state index in [4.69, 9.17) is 4.74 Å². The molecule has 1 aliphatic rings. The highest BCUT2D eigenvalue weighted by molar-refractivity contribution is 5.87. The number of nitrogens with one attached hydrogen (secondary N) is 2. The van der Waals surface area contributed by atoms with Crippen LogP contribution in [0.2, 0.25) is 0 Å². The zero-order valence-corrected chi connectivity index (χ0v) is 15.0. The molecule has 1 aromatic carbocycles. The van der Waals surface area contributed by atoms with Gasteiger partial charge in [-0.1, -0.05) is 0 Å². The number of ether oxygens (including phenoxy) is 1. The lowest BCUT2D eigenvalue weighted by molar-refractivity contribution is 0.136. The lowest BCUT2D eigenvalue weighted by Gasteiger charge is -2.30. The standard InChI is InChI=1S/C19H21N5O3/c1-24(13-6-8-20-9-7-13)19(26)27-17-10-16(12-2-4-14(25)5-3-12)22-18-15(17)11-21-23-18/h2-5,10-11,13,20,25H,6-9H2,1H3,(H,21,22,23). The van der Waals surface area contributed by atoms with Gasteiger partial charge in [-0.3, -0.25) is 5.10 Å². The van der Waals surface area contributed by atoms with E-state index in [0.717, 1.165) is 31.5 Å². The number of piperidine rings is 1. The quantitative estimate of drug-likeness (QED) is 0.657. The van der Waals surface area contributed by atoms with Gasteiger partial charge in [0.05, 0.1) is 17.3 Å². The van der Waals surface area contributed by atoms with Gasteiger partial charge in [-0.2, -0.15) is 5.10 Å². The maximum absolute atomic E-state index is 12.7. The van der Waals surface area contributed by atoms with Crippen LogP contribution >= 0.6 is 0 Å². The van der Waals surface area contributed by atoms with Crippen LogP contribution in [0.25, 0.3) is 22.3 Å². The molecule has 1 aliphatic heterocycles. The molecule has 1 fully saturated rings. The molecule has 0 atom stereocenters. The van der Waals surface area contributed by atoms with Crippen molar-refractivity contribution in [1.29, 1.82) is 0 Å². The van der Waals surface area contributed by atoms with E-state index >= 15 is 0 Å². The Bertz CT molecular complexity index is 948. The number of phenolic OH excluding ortho intramolecular Hbond substituents is 1. The van der Waals surface area contributed by atoms with Crippen LogP contribution in [0.4, 0.5) is 4.79 Å². The van der Waals surface area contributed by atoms with Crippen LogP contribution in [-0.4, -0.2) is 57.5 Å². The maximum atomic E-state index is 12.7. The van der Waals surface area contributed by atoms with E-state index in [0.29, 0.717) is 22.5 Å². The van der Waals surface area contributed by atoms with E-state index in [1.807, 2.05) is 0 Å². The van der Waals surface area contributed by atoms with Crippen molar-refractivity contribution in [3.8, 4) is 22.8 Å². The van der Waals surface area contributed by atoms with E-state index in [1.54, 1.807) is 48.5 Å². The van der Waals surface area contributed by atoms with Crippen LogP contribution < -0.4 is 10.1 Å². The number of amides is 1. The van der Waals surface area contributed by atoms with Crippen molar-refractivity contribution in [3.63, 3.8) is 0 Å². The van der Waals surface area contributed by atoms with E-state index in [-0.39, 0.29) is 11.8 Å². The highest BCUT2D eigenvalue weighted by Crippen LogP contribution is 2.30. The number of nitrogens with zero attached hydrogens (tertiary/aromatic N) is 3. The van der Waals surface area contributed by atoms with Crippen molar-refractivity contribution in [2.75, 3.05) is 20.1 Å². The molecule has 1 amide bonds. The van der Waals surface area contributed by atoms with E-state index in [1.165, 1.54) is 0 Å². The summed E-state index contributed by atoms with van der Waals surface area (Å²) in [6.45, 7) is 1.79. The zero-order valence-electron chi connectivity index (χ0n) is 15.0. The number of carbonyl (C=O) groups excluding carboxylic acids is 1. The second-order valence-corrected chi connectivity index (χ2v) is 6.64. The summed E-state index contributed by atoms with van der Waals surface area (Å²) in [6, 6.07) is 8.57. The Balaban J connectivity index is 1.63. The molecule has 0 saturated carbocycles. The number of aromatic nitrogens is 3. The molecule has 0 unspecified atom stereocenters. The highest BCUT2D eigenvalue weighted by atomic mass is 16.6. The number of hydrogen-bond acceptors (Lipinski definition) is 6. The van der Waals surface area contributed by atoms with Crippen LogP contribution in [0.15, 0.2) is 36.5 Å². The summed E-state index contributed by atoms with van der Waals surface area (Å²) in [6.07, 6.45) is 3.01. The molecule has 8 nitrogen and oxygen atoms in total. The molecular weight excluding hydrogens is 346 g/mol. The fourth-order valence-electron chi connectivity index (χ4n) is 3.27. The Morgan fingerprint density at radius 3 is 2.74 bits per heavy atom. The van der Waals surface area contributed by atoms with Gasteiger partial charge < -0.3 is 20.1 Å². The Kier molecular flexibility index (Phi) is 4.64. The van der Waals surface area contributed by atoms with Crippen LogP contribution in [0, 0.1) is 0 Å². The fraction of sp³-hybridized carbons (Fsp3) is 0.316. The predicted octanol–water partition coefficient (Wildman–Crippen LogP) is 2.51. The van der Waals surface area contributed by atoms with E-state index in [2.05, 4.69) is 20.5 Å². The highest BCUT2D eigenvalue weighted by Gasteiger charge is 2.24. The van der Waals surface area contributed by atoms with Gasteiger partial charge in [0.2, 0.25) is 0 Å². The minimum Gasteiger partial charge on any atom is -0.508 e. The summed E-state index contributed by atoms with van der Waals surface area (Å²) >= 11 is 0. The van der Waals surface area contributed by atoms with Crippen LogP contribution in [0.5, 0.6) is 11.5 Å². The van der Waals surface area contributed by atoms with Crippen LogP contribution in [0.1, 0.15) is 12.8 Å². The van der Waals surface area contributed by atoms with Crippen molar-refractivity contribution >= 4 is 17.1 Å². The zero-order chi connectivity index (χ0) is 18.8. The van der Waals surface area contributed by atoms with Gasteiger partial charge in [-0.15, -0.1) is 0 Å². The lowest BCUT2D eigenvalue weighted by atomic mass is 10.1. The molecule has 4 rings (SSSR count). The molecule has 2 aromatic heterocycles. The number of hydrogen-bond donors (Lipinski definition) is 3. The first-order valence-corrected chi connectivity index (χ1v) is 8.91. The molecule has 140 valence electrons. The minimum atomic E-state index is -0.396. The van der Waals surface area contributed by atoms with Crippen molar-refractivity contribution in [2.24, 2.45) is 0 Å². The van der Waals surface area contributed by atoms with Gasteiger partial charge in [0.25, 0.3) is 0 Å². The smallest absolute Gasteiger partial charge is 0.415 e. The van der Waals surface area contributed by atoms with Crippen molar-refractivity contribution in [3.05, 3.63) is 36.5 Å². The number of aromatic hydroxyl groups is 1. The Morgan fingerprint density at radius 1 is 1.26 bits per heavy atom. The summed E-state index contributed by atoms with van der Waals surface area (Å²) in [5, 5.41) is 20.3. The predicted molar refractivity (Wildman–Crippen MR) is 101 cm³/mol. The summed E-state index contributed by atoms with van der Waals surface area (Å²) in [4.78, 5) is 18.9. The maximum Gasteiger partial charge on any atom is 0.415 e. The molecule has 0 radical (unpaired) electrons. The van der Waals surface area contributed by atoms with E-state index < -0.39 is 6.09 Å².